The van der Waals surface area contributed by atoms with Crippen molar-refractivity contribution >= 4 is 0 Å². The number of halogens is 1. The number of nitrogens with zero attached hydrogens (tertiary/aromatic N) is 2. The second-order valence-electron chi connectivity index (χ2n) is 4.17. The first-order valence-corrected chi connectivity index (χ1v) is 5.32. The van der Waals surface area contributed by atoms with Crippen LogP contribution in [0.1, 0.15) is 22.5 Å². The van der Waals surface area contributed by atoms with Gasteiger partial charge < -0.3 is 0 Å². The van der Waals surface area contributed by atoms with Crippen LogP contribution in [0.3, 0.4) is 0 Å². The zero-order valence-electron chi connectivity index (χ0n) is 9.79. The van der Waals surface area contributed by atoms with Crippen LogP contribution in [0.2, 0.25) is 0 Å². The maximum absolute atomic E-state index is 13.1. The summed E-state index contributed by atoms with van der Waals surface area (Å²) >= 11 is 0. The normalized spacial score (nSPS) is 10.8. The van der Waals surface area contributed by atoms with E-state index in [0.29, 0.717) is 12.1 Å². The minimum Gasteiger partial charge on any atom is -0.265 e. The highest BCUT2D eigenvalue weighted by atomic mass is 19.1. The van der Waals surface area contributed by atoms with Gasteiger partial charge in [-0.05, 0) is 44.0 Å². The molecule has 3 heteroatoms. The summed E-state index contributed by atoms with van der Waals surface area (Å²) in [5.41, 5.74) is 3.89. The van der Waals surface area contributed by atoms with E-state index in [-0.39, 0.29) is 5.82 Å². The number of hydrogen-bond donors (Lipinski definition) is 0. The average Bonchev–Trinajstić information content (AvgIpc) is 2.51. The molecule has 0 amide bonds. The number of hydrogen-bond acceptors (Lipinski definition) is 1. The van der Waals surface area contributed by atoms with Gasteiger partial charge in [0.05, 0.1) is 12.2 Å². The largest absolute Gasteiger partial charge is 0.265 e. The molecule has 84 valence electrons. The van der Waals surface area contributed by atoms with Gasteiger partial charge in [-0.3, -0.25) is 4.68 Å². The lowest BCUT2D eigenvalue weighted by molar-refractivity contribution is 0.613. The molecule has 0 fully saturated rings. The molecule has 0 N–H and O–H groups in total. The number of benzene rings is 1. The van der Waals surface area contributed by atoms with Crippen LogP contribution in [0.15, 0.2) is 24.3 Å². The minimum absolute atomic E-state index is 0.155. The van der Waals surface area contributed by atoms with Crippen molar-refractivity contribution in [3.63, 3.8) is 0 Å². The molecule has 0 aliphatic carbocycles. The molecule has 2 nitrogen and oxygen atoms in total. The van der Waals surface area contributed by atoms with E-state index in [1.54, 1.807) is 13.0 Å². The fourth-order valence-corrected chi connectivity index (χ4v) is 1.81. The van der Waals surface area contributed by atoms with Crippen LogP contribution in [-0.4, -0.2) is 9.78 Å². The van der Waals surface area contributed by atoms with E-state index in [0.717, 1.165) is 17.0 Å². The van der Waals surface area contributed by atoms with E-state index in [1.807, 2.05) is 30.7 Å². The van der Waals surface area contributed by atoms with Gasteiger partial charge in [-0.2, -0.15) is 5.10 Å². The van der Waals surface area contributed by atoms with E-state index in [2.05, 4.69) is 5.10 Å². The highest BCUT2D eigenvalue weighted by Gasteiger charge is 2.03. The van der Waals surface area contributed by atoms with Gasteiger partial charge in [-0.25, -0.2) is 4.39 Å². The summed E-state index contributed by atoms with van der Waals surface area (Å²) in [6, 6.07) is 7.22. The molecule has 1 aromatic heterocycles. The highest BCUT2D eigenvalue weighted by molar-refractivity contribution is 5.24. The summed E-state index contributed by atoms with van der Waals surface area (Å²) in [5, 5.41) is 4.38. The molecule has 16 heavy (non-hydrogen) atoms. The Morgan fingerprint density at radius 1 is 1.19 bits per heavy atom. The molecule has 0 spiro atoms. The van der Waals surface area contributed by atoms with Crippen molar-refractivity contribution < 1.29 is 4.39 Å². The average molecular weight is 218 g/mol. The maximum Gasteiger partial charge on any atom is 0.126 e. The van der Waals surface area contributed by atoms with Crippen LogP contribution in [-0.2, 0) is 6.54 Å². The van der Waals surface area contributed by atoms with Gasteiger partial charge in [0.2, 0.25) is 0 Å². The molecule has 0 aliphatic heterocycles. The monoisotopic (exact) mass is 218 g/mol. The van der Waals surface area contributed by atoms with Crippen LogP contribution in [0.25, 0.3) is 0 Å². The van der Waals surface area contributed by atoms with Crippen LogP contribution >= 0.6 is 0 Å². The third-order valence-corrected chi connectivity index (χ3v) is 2.66. The van der Waals surface area contributed by atoms with Gasteiger partial charge >= 0.3 is 0 Å². The topological polar surface area (TPSA) is 17.8 Å². The highest BCUT2D eigenvalue weighted by Crippen LogP contribution is 2.12. The van der Waals surface area contributed by atoms with Gasteiger partial charge in [0.1, 0.15) is 5.82 Å². The standard InChI is InChI=1S/C13H15FN2/c1-9-6-12(4-5-13(9)14)8-16-11(3)7-10(2)15-16/h4-7H,8H2,1-3H3. The van der Waals surface area contributed by atoms with Crippen LogP contribution in [0, 0.1) is 26.6 Å². The number of aromatic nitrogens is 2. The lowest BCUT2D eigenvalue weighted by atomic mass is 10.1. The second kappa shape index (κ2) is 4.08. The van der Waals surface area contributed by atoms with Crippen LogP contribution in [0.5, 0.6) is 0 Å². The van der Waals surface area contributed by atoms with E-state index < -0.39 is 0 Å². The van der Waals surface area contributed by atoms with E-state index in [4.69, 9.17) is 0 Å². The predicted octanol–water partition coefficient (Wildman–Crippen LogP) is 3.00. The Kier molecular flexibility index (Phi) is 2.77. The molecule has 0 aliphatic rings. The van der Waals surface area contributed by atoms with E-state index in [1.165, 1.54) is 6.07 Å². The summed E-state index contributed by atoms with van der Waals surface area (Å²) in [4.78, 5) is 0. The van der Waals surface area contributed by atoms with Gasteiger partial charge in [0.25, 0.3) is 0 Å². The fourth-order valence-electron chi connectivity index (χ4n) is 1.81. The Bertz CT molecular complexity index is 515. The number of rotatable bonds is 2. The summed E-state index contributed by atoms with van der Waals surface area (Å²) in [6.07, 6.45) is 0. The van der Waals surface area contributed by atoms with Crippen molar-refractivity contribution in [2.45, 2.75) is 27.3 Å². The van der Waals surface area contributed by atoms with Crippen LogP contribution < -0.4 is 0 Å². The quantitative estimate of drug-likeness (QED) is 0.757. The zero-order valence-corrected chi connectivity index (χ0v) is 9.79. The van der Waals surface area contributed by atoms with Crippen molar-refractivity contribution in [1.29, 1.82) is 0 Å². The van der Waals surface area contributed by atoms with Crippen molar-refractivity contribution in [3.05, 3.63) is 52.6 Å². The molecule has 1 heterocycles. The summed E-state index contributed by atoms with van der Waals surface area (Å²) in [5.74, 6) is -0.155. The predicted molar refractivity (Wildman–Crippen MR) is 61.9 cm³/mol. The Labute approximate surface area is 94.7 Å². The van der Waals surface area contributed by atoms with Gasteiger partial charge in [-0.15, -0.1) is 0 Å². The smallest absolute Gasteiger partial charge is 0.126 e. The van der Waals surface area contributed by atoms with Crippen molar-refractivity contribution in [2.75, 3.05) is 0 Å². The molecule has 1 aromatic carbocycles. The Balaban J connectivity index is 2.27. The van der Waals surface area contributed by atoms with Gasteiger partial charge in [-0.1, -0.05) is 12.1 Å². The first-order chi connectivity index (χ1) is 7.56. The third kappa shape index (κ3) is 2.13. The summed E-state index contributed by atoms with van der Waals surface area (Å²) < 4.78 is 15.0. The fraction of sp³-hybridized carbons (Fsp3) is 0.308. The van der Waals surface area contributed by atoms with Gasteiger partial charge in [0, 0.05) is 5.69 Å². The zero-order chi connectivity index (χ0) is 11.7. The molecule has 2 rings (SSSR count). The van der Waals surface area contributed by atoms with E-state index in [9.17, 15) is 4.39 Å². The molecule has 0 radical (unpaired) electrons. The van der Waals surface area contributed by atoms with Crippen LogP contribution in [0.4, 0.5) is 4.39 Å². The minimum atomic E-state index is -0.155. The molecule has 2 aromatic rings. The molecule has 0 atom stereocenters. The maximum atomic E-state index is 13.1. The van der Waals surface area contributed by atoms with Crippen molar-refractivity contribution in [3.8, 4) is 0 Å². The lowest BCUT2D eigenvalue weighted by Crippen LogP contribution is -2.04. The lowest BCUT2D eigenvalue weighted by Gasteiger charge is -2.06. The first kappa shape index (κ1) is 10.9. The molecular weight excluding hydrogens is 203 g/mol. The van der Waals surface area contributed by atoms with Crippen molar-refractivity contribution in [1.82, 2.24) is 9.78 Å². The second-order valence-corrected chi connectivity index (χ2v) is 4.17. The molecule has 0 unspecified atom stereocenters. The van der Waals surface area contributed by atoms with Gasteiger partial charge in [0.15, 0.2) is 0 Å². The molecular formula is C13H15FN2. The molecule has 0 saturated carbocycles. The molecule has 0 bridgehead atoms. The molecule has 0 saturated heterocycles. The summed E-state index contributed by atoms with van der Waals surface area (Å²) in [6.45, 7) is 6.47. The SMILES string of the molecule is Cc1cc(C)n(Cc2ccc(F)c(C)c2)n1. The third-order valence-electron chi connectivity index (χ3n) is 2.66. The Hall–Kier alpha value is -1.64. The summed E-state index contributed by atoms with van der Waals surface area (Å²) in [7, 11) is 0. The van der Waals surface area contributed by atoms with E-state index >= 15 is 0 Å². The Morgan fingerprint density at radius 3 is 2.50 bits per heavy atom. The van der Waals surface area contributed by atoms with Crippen molar-refractivity contribution in [2.24, 2.45) is 0 Å². The Morgan fingerprint density at radius 2 is 1.94 bits per heavy atom. The first-order valence-electron chi connectivity index (χ1n) is 5.32. The number of aryl methyl sites for hydroxylation is 3.